The highest BCUT2D eigenvalue weighted by Crippen LogP contribution is 2.30. The molecule has 1 saturated carbocycles. The van der Waals surface area contributed by atoms with Gasteiger partial charge in [0.15, 0.2) is 5.96 Å². The molecular weight excluding hydrogens is 377 g/mol. The molecule has 1 aromatic rings. The molecule has 0 bridgehead atoms. The van der Waals surface area contributed by atoms with Gasteiger partial charge in [-0.05, 0) is 51.2 Å². The number of hydrogen-bond donors (Lipinski definition) is 2. The van der Waals surface area contributed by atoms with Gasteiger partial charge in [0.1, 0.15) is 5.75 Å². The second-order valence-corrected chi connectivity index (χ2v) is 5.87. The van der Waals surface area contributed by atoms with E-state index in [0.717, 1.165) is 23.8 Å². The molecule has 21 heavy (non-hydrogen) atoms. The molecule has 1 aliphatic carbocycles. The summed E-state index contributed by atoms with van der Waals surface area (Å²) in [6, 6.07) is 6.53. The third-order valence-corrected chi connectivity index (χ3v) is 3.25. The van der Waals surface area contributed by atoms with Crippen LogP contribution in [0.25, 0.3) is 0 Å². The Morgan fingerprint density at radius 2 is 2.14 bits per heavy atom. The number of nitrogens with two attached hydrogens (primary N) is 1. The second kappa shape index (κ2) is 8.46. The molecule has 0 aromatic heterocycles. The van der Waals surface area contributed by atoms with E-state index in [4.69, 9.17) is 10.5 Å². The first-order valence-corrected chi connectivity index (χ1v) is 7.33. The molecule has 1 aromatic carbocycles. The predicted octanol–water partition coefficient (Wildman–Crippen LogP) is 3.21. The largest absolute Gasteiger partial charge is 0.493 e. The van der Waals surface area contributed by atoms with Crippen LogP contribution < -0.4 is 15.8 Å². The maximum atomic E-state index is 5.92. The van der Waals surface area contributed by atoms with Crippen molar-refractivity contribution in [3.05, 3.63) is 29.3 Å². The van der Waals surface area contributed by atoms with E-state index in [2.05, 4.69) is 35.4 Å². The third-order valence-electron chi connectivity index (χ3n) is 3.25. The maximum Gasteiger partial charge on any atom is 0.189 e. The molecule has 0 aliphatic heterocycles. The highest BCUT2D eigenvalue weighted by Gasteiger charge is 2.22. The van der Waals surface area contributed by atoms with E-state index in [1.165, 1.54) is 18.4 Å². The molecule has 0 heterocycles. The van der Waals surface area contributed by atoms with Crippen LogP contribution in [0.4, 0.5) is 0 Å². The monoisotopic (exact) mass is 403 g/mol. The van der Waals surface area contributed by atoms with Crippen molar-refractivity contribution >= 4 is 29.9 Å². The van der Waals surface area contributed by atoms with Crippen LogP contribution in [0, 0.1) is 12.8 Å². The van der Waals surface area contributed by atoms with Gasteiger partial charge in [-0.3, -0.25) is 0 Å². The fourth-order valence-corrected chi connectivity index (χ4v) is 1.93. The fraction of sp³-hybridized carbons (Fsp3) is 0.562. The quantitative estimate of drug-likeness (QED) is 0.436. The van der Waals surface area contributed by atoms with Crippen molar-refractivity contribution in [2.75, 3.05) is 6.61 Å². The lowest BCUT2D eigenvalue weighted by Crippen LogP contribution is -2.36. The summed E-state index contributed by atoms with van der Waals surface area (Å²) in [5.41, 5.74) is 8.13. The first-order valence-electron chi connectivity index (χ1n) is 7.33. The summed E-state index contributed by atoms with van der Waals surface area (Å²) in [6.07, 6.45) is 2.59. The van der Waals surface area contributed by atoms with Crippen molar-refractivity contribution in [3.63, 3.8) is 0 Å². The number of benzene rings is 1. The van der Waals surface area contributed by atoms with Gasteiger partial charge in [-0.25, -0.2) is 4.99 Å². The van der Waals surface area contributed by atoms with E-state index < -0.39 is 0 Å². The molecule has 0 amide bonds. The van der Waals surface area contributed by atoms with Crippen LogP contribution >= 0.6 is 24.0 Å². The standard InChI is InChI=1S/C16H25N3O.HI/c1-11(2)19-16(17)18-9-14-7-4-12(3)8-15(14)20-10-13-5-6-13;/h4,7-8,11,13H,5-6,9-10H2,1-3H3,(H3,17,18,19);1H. The van der Waals surface area contributed by atoms with Crippen LogP contribution in [0.15, 0.2) is 23.2 Å². The number of guanidine groups is 1. The lowest BCUT2D eigenvalue weighted by molar-refractivity contribution is 0.296. The highest BCUT2D eigenvalue weighted by atomic mass is 127. The number of ether oxygens (including phenoxy) is 1. The summed E-state index contributed by atoms with van der Waals surface area (Å²) in [5, 5.41) is 3.09. The zero-order chi connectivity index (χ0) is 14.5. The van der Waals surface area contributed by atoms with Gasteiger partial charge < -0.3 is 15.8 Å². The van der Waals surface area contributed by atoms with Crippen LogP contribution in [-0.4, -0.2) is 18.6 Å². The Morgan fingerprint density at radius 3 is 2.76 bits per heavy atom. The number of rotatable bonds is 6. The molecule has 0 atom stereocenters. The van der Waals surface area contributed by atoms with Gasteiger partial charge in [0.25, 0.3) is 0 Å². The number of nitrogens with zero attached hydrogens (tertiary/aromatic N) is 1. The molecule has 4 nitrogen and oxygen atoms in total. The van der Waals surface area contributed by atoms with Crippen molar-refractivity contribution in [1.29, 1.82) is 0 Å². The summed E-state index contributed by atoms with van der Waals surface area (Å²) >= 11 is 0. The first-order chi connectivity index (χ1) is 9.54. The van der Waals surface area contributed by atoms with Crippen molar-refractivity contribution in [2.24, 2.45) is 16.6 Å². The van der Waals surface area contributed by atoms with E-state index in [9.17, 15) is 0 Å². The molecule has 0 radical (unpaired) electrons. The van der Waals surface area contributed by atoms with Gasteiger partial charge in [0.05, 0.1) is 13.2 Å². The van der Waals surface area contributed by atoms with E-state index in [1.807, 2.05) is 13.8 Å². The molecule has 1 aliphatic rings. The molecule has 0 unspecified atom stereocenters. The second-order valence-electron chi connectivity index (χ2n) is 5.87. The molecule has 118 valence electrons. The van der Waals surface area contributed by atoms with E-state index in [-0.39, 0.29) is 24.0 Å². The summed E-state index contributed by atoms with van der Waals surface area (Å²) in [4.78, 5) is 4.37. The fourth-order valence-electron chi connectivity index (χ4n) is 1.93. The Hall–Kier alpha value is -0.980. The molecule has 0 saturated heterocycles. The summed E-state index contributed by atoms with van der Waals surface area (Å²) in [7, 11) is 0. The van der Waals surface area contributed by atoms with Gasteiger partial charge >= 0.3 is 0 Å². The molecule has 5 heteroatoms. The number of aryl methyl sites for hydroxylation is 1. The van der Waals surface area contributed by atoms with Crippen LogP contribution in [0.3, 0.4) is 0 Å². The first kappa shape index (κ1) is 18.1. The van der Waals surface area contributed by atoms with Crippen molar-refractivity contribution < 1.29 is 4.74 Å². The number of halogens is 1. The topological polar surface area (TPSA) is 59.6 Å². The van der Waals surface area contributed by atoms with Crippen LogP contribution in [0.5, 0.6) is 5.75 Å². The normalized spacial score (nSPS) is 14.8. The average molecular weight is 403 g/mol. The van der Waals surface area contributed by atoms with E-state index in [1.54, 1.807) is 0 Å². The predicted molar refractivity (Wildman–Crippen MR) is 98.4 cm³/mol. The average Bonchev–Trinajstić information content (AvgIpc) is 3.18. The number of nitrogens with one attached hydrogen (secondary N) is 1. The van der Waals surface area contributed by atoms with Crippen LogP contribution in [0.2, 0.25) is 0 Å². The van der Waals surface area contributed by atoms with Crippen molar-refractivity contribution in [1.82, 2.24) is 5.32 Å². The molecule has 0 spiro atoms. The third kappa shape index (κ3) is 6.54. The zero-order valence-corrected chi connectivity index (χ0v) is 15.4. The minimum Gasteiger partial charge on any atom is -0.493 e. The minimum absolute atomic E-state index is 0. The highest BCUT2D eigenvalue weighted by molar-refractivity contribution is 14.0. The van der Waals surface area contributed by atoms with Crippen molar-refractivity contribution in [3.8, 4) is 5.75 Å². The lowest BCUT2D eigenvalue weighted by atomic mass is 10.1. The number of aliphatic imine (C=N–C) groups is 1. The van der Waals surface area contributed by atoms with Gasteiger partial charge in [-0.15, -0.1) is 24.0 Å². The van der Waals surface area contributed by atoms with E-state index in [0.29, 0.717) is 18.5 Å². The minimum atomic E-state index is 0. The van der Waals surface area contributed by atoms with Gasteiger partial charge in [0.2, 0.25) is 0 Å². The molecule has 3 N–H and O–H groups in total. The van der Waals surface area contributed by atoms with Crippen LogP contribution in [-0.2, 0) is 6.54 Å². The van der Waals surface area contributed by atoms with E-state index >= 15 is 0 Å². The summed E-state index contributed by atoms with van der Waals surface area (Å²) in [5.74, 6) is 2.17. The lowest BCUT2D eigenvalue weighted by Gasteiger charge is -2.12. The Labute approximate surface area is 144 Å². The maximum absolute atomic E-state index is 5.92. The Kier molecular flexibility index (Phi) is 7.28. The Balaban J connectivity index is 0.00000220. The van der Waals surface area contributed by atoms with Crippen LogP contribution in [0.1, 0.15) is 37.8 Å². The zero-order valence-electron chi connectivity index (χ0n) is 13.1. The SMILES string of the molecule is Cc1ccc(CN=C(N)NC(C)C)c(OCC2CC2)c1.I. The smallest absolute Gasteiger partial charge is 0.189 e. The van der Waals surface area contributed by atoms with Crippen molar-refractivity contribution in [2.45, 2.75) is 46.2 Å². The summed E-state index contributed by atoms with van der Waals surface area (Å²) in [6.45, 7) is 7.52. The number of hydrogen-bond acceptors (Lipinski definition) is 2. The molecular formula is C16H26IN3O. The van der Waals surface area contributed by atoms with Gasteiger partial charge in [0, 0.05) is 11.6 Å². The van der Waals surface area contributed by atoms with Gasteiger partial charge in [-0.2, -0.15) is 0 Å². The molecule has 2 rings (SSSR count). The Bertz CT molecular complexity index is 484. The Morgan fingerprint density at radius 1 is 1.43 bits per heavy atom. The van der Waals surface area contributed by atoms with Gasteiger partial charge in [-0.1, -0.05) is 12.1 Å². The molecule has 1 fully saturated rings. The summed E-state index contributed by atoms with van der Waals surface area (Å²) < 4.78 is 5.92.